The number of para-hydroxylation sites is 1. The molecule has 4 rings (SSSR count). The van der Waals surface area contributed by atoms with Crippen LogP contribution in [0.4, 0.5) is 0 Å². The van der Waals surface area contributed by atoms with E-state index in [1.807, 2.05) is 23.6 Å². The second-order valence-corrected chi connectivity index (χ2v) is 8.31. The minimum absolute atomic E-state index is 0.00281. The van der Waals surface area contributed by atoms with E-state index in [0.29, 0.717) is 13.0 Å². The molecule has 2 aromatic rings. The normalized spacial score (nSPS) is 21.4. The Kier molecular flexibility index (Phi) is 5.27. The van der Waals surface area contributed by atoms with Crippen molar-refractivity contribution in [1.29, 1.82) is 0 Å². The van der Waals surface area contributed by atoms with Crippen LogP contribution in [0.25, 0.3) is 0 Å². The number of amides is 1. The van der Waals surface area contributed by atoms with E-state index in [2.05, 4.69) is 22.3 Å². The Labute approximate surface area is 163 Å². The molecule has 1 aromatic heterocycles. The van der Waals surface area contributed by atoms with Gasteiger partial charge in [0, 0.05) is 17.5 Å². The number of thiophene rings is 1. The average Bonchev–Trinajstić information content (AvgIpc) is 3.33. The average molecular weight is 384 g/mol. The molecule has 2 aliphatic rings. The summed E-state index contributed by atoms with van der Waals surface area (Å²) in [6.07, 6.45) is 2.90. The molecule has 27 heavy (non-hydrogen) atoms. The first-order valence-corrected chi connectivity index (χ1v) is 10.5. The van der Waals surface area contributed by atoms with Gasteiger partial charge in [-0.1, -0.05) is 25.1 Å². The van der Waals surface area contributed by atoms with Crippen LogP contribution >= 0.6 is 11.3 Å². The molecule has 1 unspecified atom stereocenters. The van der Waals surface area contributed by atoms with E-state index in [0.717, 1.165) is 48.7 Å². The van der Waals surface area contributed by atoms with Gasteiger partial charge in [0.2, 0.25) is 0 Å². The third-order valence-electron chi connectivity index (χ3n) is 5.55. The topological polar surface area (TPSA) is 56.1 Å². The molecule has 0 bridgehead atoms. The Bertz CT molecular complexity index is 826. The lowest BCUT2D eigenvalue weighted by Gasteiger charge is -2.31. The maximum Gasteiger partial charge on any atom is 0.257 e. The third-order valence-corrected chi connectivity index (χ3v) is 6.23. The predicted molar refractivity (Wildman–Crippen MR) is 108 cm³/mol. The molecule has 5 nitrogen and oxygen atoms in total. The van der Waals surface area contributed by atoms with Crippen molar-refractivity contribution in [3.05, 3.63) is 52.2 Å². The highest BCUT2D eigenvalue weighted by Gasteiger charge is 2.35. The van der Waals surface area contributed by atoms with Crippen LogP contribution in [0.2, 0.25) is 0 Å². The van der Waals surface area contributed by atoms with Gasteiger partial charge >= 0.3 is 0 Å². The fraction of sp³-hybridized carbons (Fsp3) is 0.429. The number of carbonyl (C=O) groups is 1. The Morgan fingerprint density at radius 3 is 2.74 bits per heavy atom. The maximum atomic E-state index is 13.1. The molecule has 0 spiro atoms. The molecule has 1 fully saturated rings. The number of phenols is 1. The molecule has 3 heterocycles. The standard InChI is InChI=1S/C21H25N3O2S/c1-15-6-9-23(10-7-15)13-21(26)24-19(17-4-2-3-5-20(17)25)12-18(22-24)16-8-11-27-14-16/h2-5,8,11,14-15,19,25H,6-7,9-10,12-13H2,1H3. The number of benzene rings is 1. The Morgan fingerprint density at radius 2 is 2.04 bits per heavy atom. The van der Waals surface area contributed by atoms with Crippen molar-refractivity contribution >= 4 is 23.0 Å². The van der Waals surface area contributed by atoms with Crippen LogP contribution < -0.4 is 0 Å². The molecule has 1 N–H and O–H groups in total. The molecule has 2 aliphatic heterocycles. The van der Waals surface area contributed by atoms with E-state index in [9.17, 15) is 9.90 Å². The van der Waals surface area contributed by atoms with Crippen molar-refractivity contribution in [2.75, 3.05) is 19.6 Å². The van der Waals surface area contributed by atoms with E-state index >= 15 is 0 Å². The van der Waals surface area contributed by atoms with Crippen molar-refractivity contribution in [3.8, 4) is 5.75 Å². The van der Waals surface area contributed by atoms with Crippen molar-refractivity contribution in [2.45, 2.75) is 32.2 Å². The Balaban J connectivity index is 1.57. The summed E-state index contributed by atoms with van der Waals surface area (Å²) < 4.78 is 0. The fourth-order valence-electron chi connectivity index (χ4n) is 3.84. The summed E-state index contributed by atoms with van der Waals surface area (Å²) in [7, 11) is 0. The molecule has 1 saturated heterocycles. The highest BCUT2D eigenvalue weighted by atomic mass is 32.1. The first-order valence-electron chi connectivity index (χ1n) is 9.54. The van der Waals surface area contributed by atoms with Crippen LogP contribution in [-0.2, 0) is 4.79 Å². The van der Waals surface area contributed by atoms with Gasteiger partial charge in [0.05, 0.1) is 18.3 Å². The van der Waals surface area contributed by atoms with Crippen LogP contribution in [0.1, 0.15) is 43.4 Å². The second-order valence-electron chi connectivity index (χ2n) is 7.53. The first-order chi connectivity index (χ1) is 13.1. The summed E-state index contributed by atoms with van der Waals surface area (Å²) in [5, 5.41) is 20.7. The minimum Gasteiger partial charge on any atom is -0.508 e. The van der Waals surface area contributed by atoms with Crippen molar-refractivity contribution in [2.24, 2.45) is 11.0 Å². The van der Waals surface area contributed by atoms with Crippen molar-refractivity contribution < 1.29 is 9.90 Å². The monoisotopic (exact) mass is 383 g/mol. The van der Waals surface area contributed by atoms with Gasteiger partial charge in [-0.3, -0.25) is 9.69 Å². The number of carbonyl (C=O) groups excluding carboxylic acids is 1. The van der Waals surface area contributed by atoms with Crippen LogP contribution in [0, 0.1) is 5.92 Å². The summed E-state index contributed by atoms with van der Waals surface area (Å²) in [5.74, 6) is 0.956. The lowest BCUT2D eigenvalue weighted by atomic mass is 9.98. The van der Waals surface area contributed by atoms with E-state index in [1.54, 1.807) is 28.5 Å². The smallest absolute Gasteiger partial charge is 0.257 e. The molecule has 0 saturated carbocycles. The number of aromatic hydroxyl groups is 1. The number of rotatable bonds is 4. The van der Waals surface area contributed by atoms with Gasteiger partial charge in [-0.2, -0.15) is 16.4 Å². The minimum atomic E-state index is -0.252. The molecular weight excluding hydrogens is 358 g/mol. The molecule has 1 amide bonds. The lowest BCUT2D eigenvalue weighted by Crippen LogP contribution is -2.41. The molecule has 0 aliphatic carbocycles. The Hall–Kier alpha value is -2.18. The number of likely N-dealkylation sites (tertiary alicyclic amines) is 1. The highest BCUT2D eigenvalue weighted by molar-refractivity contribution is 7.08. The van der Waals surface area contributed by atoms with Gasteiger partial charge in [-0.05, 0) is 54.7 Å². The van der Waals surface area contributed by atoms with Crippen molar-refractivity contribution in [3.63, 3.8) is 0 Å². The molecular formula is C21H25N3O2S. The van der Waals surface area contributed by atoms with E-state index < -0.39 is 0 Å². The van der Waals surface area contributed by atoms with Crippen LogP contribution in [0.5, 0.6) is 5.75 Å². The van der Waals surface area contributed by atoms with Crippen molar-refractivity contribution in [1.82, 2.24) is 9.91 Å². The number of nitrogens with zero attached hydrogens (tertiary/aromatic N) is 3. The van der Waals surface area contributed by atoms with Gasteiger partial charge in [-0.15, -0.1) is 0 Å². The predicted octanol–water partition coefficient (Wildman–Crippen LogP) is 3.86. The van der Waals surface area contributed by atoms with Gasteiger partial charge in [-0.25, -0.2) is 5.01 Å². The number of hydrazone groups is 1. The number of hydrogen-bond donors (Lipinski definition) is 1. The molecule has 6 heteroatoms. The van der Waals surface area contributed by atoms with Gasteiger partial charge in [0.15, 0.2) is 0 Å². The van der Waals surface area contributed by atoms with E-state index in [1.165, 1.54) is 0 Å². The molecule has 0 radical (unpaired) electrons. The van der Waals surface area contributed by atoms with Crippen LogP contribution in [0.15, 0.2) is 46.2 Å². The molecule has 142 valence electrons. The van der Waals surface area contributed by atoms with Crippen LogP contribution in [0.3, 0.4) is 0 Å². The maximum absolute atomic E-state index is 13.1. The number of piperidine rings is 1. The molecule has 1 atom stereocenters. The zero-order chi connectivity index (χ0) is 18.8. The quantitative estimate of drug-likeness (QED) is 0.872. The van der Waals surface area contributed by atoms with Gasteiger partial charge < -0.3 is 5.11 Å². The largest absolute Gasteiger partial charge is 0.508 e. The SMILES string of the molecule is CC1CCN(CC(=O)N2N=C(c3ccsc3)CC2c2ccccc2O)CC1. The first kappa shape index (κ1) is 18.2. The summed E-state index contributed by atoms with van der Waals surface area (Å²) >= 11 is 1.62. The number of hydrogen-bond acceptors (Lipinski definition) is 5. The summed E-state index contributed by atoms with van der Waals surface area (Å²) in [5.41, 5.74) is 2.72. The zero-order valence-electron chi connectivity index (χ0n) is 15.5. The van der Waals surface area contributed by atoms with Gasteiger partial charge in [0.1, 0.15) is 5.75 Å². The summed E-state index contributed by atoms with van der Waals surface area (Å²) in [6, 6.07) is 9.03. The molecule has 1 aromatic carbocycles. The van der Waals surface area contributed by atoms with E-state index in [-0.39, 0.29) is 17.7 Å². The summed E-state index contributed by atoms with van der Waals surface area (Å²) in [4.78, 5) is 15.3. The van der Waals surface area contributed by atoms with E-state index in [4.69, 9.17) is 0 Å². The highest BCUT2D eigenvalue weighted by Crippen LogP contribution is 2.37. The Morgan fingerprint density at radius 1 is 1.26 bits per heavy atom. The van der Waals surface area contributed by atoms with Gasteiger partial charge in [0.25, 0.3) is 5.91 Å². The lowest BCUT2D eigenvalue weighted by molar-refractivity contribution is -0.134. The number of phenolic OH excluding ortho intramolecular Hbond substituents is 1. The zero-order valence-corrected chi connectivity index (χ0v) is 16.4. The third kappa shape index (κ3) is 3.92. The second kappa shape index (κ2) is 7.82. The summed E-state index contributed by atoms with van der Waals surface area (Å²) in [6.45, 7) is 4.58. The fourth-order valence-corrected chi connectivity index (χ4v) is 4.50. The van der Waals surface area contributed by atoms with Crippen LogP contribution in [-0.4, -0.2) is 46.3 Å².